The third-order valence-electron chi connectivity index (χ3n) is 5.56. The van der Waals surface area contributed by atoms with Gasteiger partial charge < -0.3 is 19.9 Å². The van der Waals surface area contributed by atoms with Crippen molar-refractivity contribution < 1.29 is 14.3 Å². The zero-order valence-corrected chi connectivity index (χ0v) is 16.1. The van der Waals surface area contributed by atoms with Crippen LogP contribution in [0, 0.1) is 0 Å². The summed E-state index contributed by atoms with van der Waals surface area (Å²) in [6, 6.07) is 18.4. The van der Waals surface area contributed by atoms with Crippen LogP contribution in [0.15, 0.2) is 54.6 Å². The highest BCUT2D eigenvalue weighted by molar-refractivity contribution is 5.78. The number of morpholine rings is 1. The minimum atomic E-state index is -0.419. The van der Waals surface area contributed by atoms with Crippen LogP contribution in [0.2, 0.25) is 0 Å². The molecule has 146 valence electrons. The summed E-state index contributed by atoms with van der Waals surface area (Å²) in [5.74, 6) is -0.00697. The van der Waals surface area contributed by atoms with Gasteiger partial charge in [-0.05, 0) is 23.1 Å². The summed E-state index contributed by atoms with van der Waals surface area (Å²) >= 11 is 0. The van der Waals surface area contributed by atoms with Crippen molar-refractivity contribution >= 4 is 11.9 Å². The number of nitrogens with zero attached hydrogens (tertiary/aromatic N) is 2. The first-order valence-electron chi connectivity index (χ1n) is 9.60. The van der Waals surface area contributed by atoms with Gasteiger partial charge in [-0.2, -0.15) is 0 Å². The van der Waals surface area contributed by atoms with E-state index in [0.29, 0.717) is 26.2 Å². The molecule has 0 aliphatic carbocycles. The number of hydrogen-bond donors (Lipinski definition) is 1. The monoisotopic (exact) mass is 379 g/mol. The molecule has 2 heterocycles. The molecule has 2 aliphatic rings. The zero-order valence-electron chi connectivity index (χ0n) is 16.1. The van der Waals surface area contributed by atoms with Crippen LogP contribution < -0.4 is 5.32 Å². The van der Waals surface area contributed by atoms with Crippen LogP contribution in [0.3, 0.4) is 0 Å². The highest BCUT2D eigenvalue weighted by Gasteiger charge is 2.45. The van der Waals surface area contributed by atoms with E-state index in [-0.39, 0.29) is 18.5 Å². The van der Waals surface area contributed by atoms with E-state index in [1.165, 1.54) is 5.56 Å². The first-order valence-corrected chi connectivity index (χ1v) is 9.60. The van der Waals surface area contributed by atoms with Gasteiger partial charge in [-0.25, -0.2) is 4.79 Å². The zero-order chi connectivity index (χ0) is 19.6. The molecule has 1 atom stereocenters. The fourth-order valence-corrected chi connectivity index (χ4v) is 3.89. The van der Waals surface area contributed by atoms with Crippen LogP contribution >= 0.6 is 0 Å². The molecule has 28 heavy (non-hydrogen) atoms. The molecule has 0 aromatic heterocycles. The minimum absolute atomic E-state index is 0.00697. The molecule has 0 bridgehead atoms. The maximum Gasteiger partial charge on any atom is 0.317 e. The minimum Gasteiger partial charge on any atom is -0.361 e. The number of benzene rings is 2. The molecular weight excluding hydrogens is 354 g/mol. The number of nitrogens with one attached hydrogen (secondary N) is 1. The van der Waals surface area contributed by atoms with Gasteiger partial charge in [0.1, 0.15) is 12.2 Å². The maximum absolute atomic E-state index is 12.6. The maximum atomic E-state index is 12.6. The quantitative estimate of drug-likeness (QED) is 0.891. The molecule has 6 nitrogen and oxygen atoms in total. The smallest absolute Gasteiger partial charge is 0.317 e. The third-order valence-corrected chi connectivity index (χ3v) is 5.56. The van der Waals surface area contributed by atoms with E-state index in [9.17, 15) is 9.59 Å². The molecular formula is C22H25N3O3. The summed E-state index contributed by atoms with van der Waals surface area (Å²) in [6.07, 6.45) is 0.754. The van der Waals surface area contributed by atoms with Crippen LogP contribution in [0.1, 0.15) is 12.0 Å². The molecule has 3 amide bonds. The van der Waals surface area contributed by atoms with Gasteiger partial charge in [0, 0.05) is 20.1 Å². The van der Waals surface area contributed by atoms with Crippen LogP contribution in [0.4, 0.5) is 4.79 Å². The summed E-state index contributed by atoms with van der Waals surface area (Å²) < 4.78 is 5.79. The molecule has 2 aliphatic heterocycles. The molecule has 1 N–H and O–H groups in total. The van der Waals surface area contributed by atoms with Crippen LogP contribution in [0.25, 0.3) is 11.1 Å². The fraction of sp³-hybridized carbons (Fsp3) is 0.364. The summed E-state index contributed by atoms with van der Waals surface area (Å²) in [7, 11) is 1.79. The number of carbonyl (C=O) groups excluding carboxylic acids is 2. The molecule has 0 saturated carbocycles. The Morgan fingerprint density at radius 3 is 2.50 bits per heavy atom. The standard InChI is InChI=1S/C22H25N3O3/c1-24-15-22(28-14-20(24)26)11-12-25(16-22)21(27)23-13-17-7-9-19(10-8-17)18-5-3-2-4-6-18/h2-10H,11-16H2,1H3,(H,23,27). The van der Waals surface area contributed by atoms with Gasteiger partial charge in [0.25, 0.3) is 0 Å². The molecule has 1 unspecified atom stereocenters. The Balaban J connectivity index is 1.31. The Kier molecular flexibility index (Phi) is 5.05. The Labute approximate surface area is 165 Å². The van der Waals surface area contributed by atoms with Gasteiger partial charge in [0.05, 0.1) is 13.1 Å². The lowest BCUT2D eigenvalue weighted by molar-refractivity contribution is -0.158. The van der Waals surface area contributed by atoms with E-state index in [0.717, 1.165) is 17.5 Å². The van der Waals surface area contributed by atoms with E-state index in [1.807, 2.05) is 30.3 Å². The number of likely N-dealkylation sites (N-methyl/N-ethyl adjacent to an activating group) is 1. The van der Waals surface area contributed by atoms with E-state index < -0.39 is 5.60 Å². The van der Waals surface area contributed by atoms with Crippen LogP contribution in [-0.4, -0.2) is 60.6 Å². The lowest BCUT2D eigenvalue weighted by atomic mass is 10.0. The number of rotatable bonds is 3. The topological polar surface area (TPSA) is 61.9 Å². The largest absolute Gasteiger partial charge is 0.361 e. The van der Waals surface area contributed by atoms with Crippen molar-refractivity contribution in [3.8, 4) is 11.1 Å². The number of amides is 3. The average molecular weight is 379 g/mol. The molecule has 2 fully saturated rings. The fourth-order valence-electron chi connectivity index (χ4n) is 3.89. The van der Waals surface area contributed by atoms with Gasteiger partial charge in [-0.15, -0.1) is 0 Å². The summed E-state index contributed by atoms with van der Waals surface area (Å²) in [4.78, 5) is 27.7. The van der Waals surface area contributed by atoms with E-state index in [4.69, 9.17) is 4.74 Å². The van der Waals surface area contributed by atoms with Gasteiger partial charge in [0.15, 0.2) is 0 Å². The molecule has 2 aromatic carbocycles. The Morgan fingerprint density at radius 2 is 1.79 bits per heavy atom. The van der Waals surface area contributed by atoms with Crippen molar-refractivity contribution in [3.05, 3.63) is 60.2 Å². The van der Waals surface area contributed by atoms with Crippen molar-refractivity contribution in [2.45, 2.75) is 18.6 Å². The normalized spacial score (nSPS) is 22.0. The number of urea groups is 1. The van der Waals surface area contributed by atoms with Gasteiger partial charge in [-0.3, -0.25) is 4.79 Å². The highest BCUT2D eigenvalue weighted by Crippen LogP contribution is 2.29. The molecule has 1 spiro atoms. The first kappa shape index (κ1) is 18.5. The van der Waals surface area contributed by atoms with Crippen LogP contribution in [0.5, 0.6) is 0 Å². The Morgan fingerprint density at radius 1 is 1.07 bits per heavy atom. The summed E-state index contributed by atoms with van der Waals surface area (Å²) in [6.45, 7) is 2.27. The molecule has 2 saturated heterocycles. The van der Waals surface area contributed by atoms with Crippen molar-refractivity contribution in [1.29, 1.82) is 0 Å². The number of ether oxygens (including phenoxy) is 1. The Hall–Kier alpha value is -2.86. The first-order chi connectivity index (χ1) is 13.5. The van der Waals surface area contributed by atoms with Gasteiger partial charge in [-0.1, -0.05) is 54.6 Å². The van der Waals surface area contributed by atoms with Crippen molar-refractivity contribution in [1.82, 2.24) is 15.1 Å². The molecule has 6 heteroatoms. The second kappa shape index (κ2) is 7.64. The SMILES string of the molecule is CN1CC2(CCN(C(=O)NCc3ccc(-c4ccccc4)cc3)C2)OCC1=O. The van der Waals surface area contributed by atoms with Crippen molar-refractivity contribution in [2.75, 3.05) is 33.3 Å². The second-order valence-corrected chi connectivity index (χ2v) is 7.61. The summed E-state index contributed by atoms with van der Waals surface area (Å²) in [5.41, 5.74) is 2.97. The average Bonchev–Trinajstić information content (AvgIpc) is 3.14. The number of likely N-dealkylation sites (tertiary alicyclic amines) is 1. The number of hydrogen-bond acceptors (Lipinski definition) is 3. The van der Waals surface area contributed by atoms with Crippen LogP contribution in [-0.2, 0) is 16.1 Å². The summed E-state index contributed by atoms with van der Waals surface area (Å²) in [5, 5.41) is 2.99. The van der Waals surface area contributed by atoms with Crippen molar-refractivity contribution in [2.24, 2.45) is 0 Å². The van der Waals surface area contributed by atoms with E-state index >= 15 is 0 Å². The Bertz CT molecular complexity index is 853. The molecule has 4 rings (SSSR count). The van der Waals surface area contributed by atoms with E-state index in [1.54, 1.807) is 16.8 Å². The lowest BCUT2D eigenvalue weighted by Gasteiger charge is -2.38. The molecule has 2 aromatic rings. The molecule has 0 radical (unpaired) electrons. The third kappa shape index (κ3) is 3.87. The van der Waals surface area contributed by atoms with Gasteiger partial charge in [0.2, 0.25) is 5.91 Å². The number of carbonyl (C=O) groups is 2. The highest BCUT2D eigenvalue weighted by atomic mass is 16.5. The lowest BCUT2D eigenvalue weighted by Crippen LogP contribution is -2.55. The van der Waals surface area contributed by atoms with Crippen molar-refractivity contribution in [3.63, 3.8) is 0 Å². The predicted molar refractivity (Wildman–Crippen MR) is 107 cm³/mol. The predicted octanol–water partition coefficient (Wildman–Crippen LogP) is 2.50. The second-order valence-electron chi connectivity index (χ2n) is 7.61. The van der Waals surface area contributed by atoms with E-state index in [2.05, 4.69) is 29.6 Å². The van der Waals surface area contributed by atoms with Gasteiger partial charge >= 0.3 is 6.03 Å².